The van der Waals surface area contributed by atoms with Gasteiger partial charge in [-0.25, -0.2) is 4.79 Å². The average molecular weight is 342 g/mol. The molecule has 1 heterocycles. The lowest BCUT2D eigenvalue weighted by Crippen LogP contribution is -2.17. The van der Waals surface area contributed by atoms with Crippen molar-refractivity contribution in [3.63, 3.8) is 0 Å². The summed E-state index contributed by atoms with van der Waals surface area (Å²) in [5.74, 6) is -1.45. The van der Waals surface area contributed by atoms with Crippen molar-refractivity contribution in [2.45, 2.75) is 13.5 Å². The Morgan fingerprint density at radius 1 is 1.08 bits per heavy atom. The van der Waals surface area contributed by atoms with E-state index in [9.17, 15) is 9.59 Å². The molecule has 5 heteroatoms. The number of hydrogen-bond donors (Lipinski definition) is 0. The van der Waals surface area contributed by atoms with Gasteiger partial charge < -0.3 is 9.30 Å². The molecular formula is C19H16ClNO3. The number of benzene rings is 2. The van der Waals surface area contributed by atoms with Crippen molar-refractivity contribution in [2.75, 3.05) is 6.61 Å². The van der Waals surface area contributed by atoms with E-state index in [2.05, 4.69) is 0 Å². The van der Waals surface area contributed by atoms with E-state index in [-0.39, 0.29) is 6.61 Å². The first-order valence-corrected chi connectivity index (χ1v) is 8.01. The van der Waals surface area contributed by atoms with Crippen LogP contribution in [0.3, 0.4) is 0 Å². The zero-order chi connectivity index (χ0) is 17.1. The number of halogens is 1. The number of Topliss-reactive ketones (excluding diaryl/α,β-unsaturated/α-hetero) is 1. The number of aromatic nitrogens is 1. The van der Waals surface area contributed by atoms with Gasteiger partial charge in [0, 0.05) is 28.7 Å². The van der Waals surface area contributed by atoms with E-state index in [0.717, 1.165) is 16.5 Å². The van der Waals surface area contributed by atoms with Crippen molar-refractivity contribution >= 4 is 34.3 Å². The first-order chi connectivity index (χ1) is 11.6. The van der Waals surface area contributed by atoms with Crippen molar-refractivity contribution in [3.05, 3.63) is 70.9 Å². The van der Waals surface area contributed by atoms with Gasteiger partial charge in [0.2, 0.25) is 0 Å². The van der Waals surface area contributed by atoms with Gasteiger partial charge in [-0.3, -0.25) is 4.79 Å². The predicted octanol–water partition coefficient (Wildman–Crippen LogP) is 4.09. The number of esters is 1. The van der Waals surface area contributed by atoms with Crippen LogP contribution in [0.4, 0.5) is 0 Å². The fraction of sp³-hybridized carbons (Fsp3) is 0.158. The maximum atomic E-state index is 12.4. The van der Waals surface area contributed by atoms with Crippen LogP contribution in [-0.4, -0.2) is 22.9 Å². The Kier molecular flexibility index (Phi) is 4.67. The third kappa shape index (κ3) is 3.19. The Labute approximate surface area is 144 Å². The zero-order valence-corrected chi connectivity index (χ0v) is 13.9. The summed E-state index contributed by atoms with van der Waals surface area (Å²) in [6.45, 7) is 2.43. The number of nitrogens with zero attached hydrogens (tertiary/aromatic N) is 1. The summed E-state index contributed by atoms with van der Waals surface area (Å²) in [7, 11) is 0. The second-order valence-electron chi connectivity index (χ2n) is 5.36. The molecule has 24 heavy (non-hydrogen) atoms. The highest BCUT2D eigenvalue weighted by Gasteiger charge is 2.22. The summed E-state index contributed by atoms with van der Waals surface area (Å²) < 4.78 is 6.78. The van der Waals surface area contributed by atoms with Gasteiger partial charge in [0.1, 0.15) is 0 Å². The molecule has 3 rings (SSSR count). The molecule has 0 aliphatic carbocycles. The fourth-order valence-electron chi connectivity index (χ4n) is 2.65. The summed E-state index contributed by atoms with van der Waals surface area (Å²) in [6.07, 6.45) is 1.71. The van der Waals surface area contributed by atoms with Crippen molar-refractivity contribution in [2.24, 2.45) is 0 Å². The average Bonchev–Trinajstić information content (AvgIpc) is 2.95. The summed E-state index contributed by atoms with van der Waals surface area (Å²) in [4.78, 5) is 24.2. The minimum absolute atomic E-state index is 0.175. The molecule has 0 unspecified atom stereocenters. The van der Waals surface area contributed by atoms with E-state index in [1.54, 1.807) is 13.1 Å². The highest BCUT2D eigenvalue weighted by molar-refractivity contribution is 6.43. The van der Waals surface area contributed by atoms with Gasteiger partial charge in [0.05, 0.1) is 12.2 Å². The van der Waals surface area contributed by atoms with Crippen LogP contribution in [0.1, 0.15) is 22.8 Å². The summed E-state index contributed by atoms with van der Waals surface area (Å²) in [5.41, 5.74) is 2.30. The third-order valence-corrected chi connectivity index (χ3v) is 4.01. The van der Waals surface area contributed by atoms with Crippen molar-refractivity contribution in [1.82, 2.24) is 4.57 Å². The minimum Gasteiger partial charge on any atom is -0.460 e. The van der Waals surface area contributed by atoms with Gasteiger partial charge in [0.15, 0.2) is 0 Å². The SMILES string of the molecule is CCOC(=O)C(=O)c1cn(Cc2ccc(Cl)cc2)c2ccccc12. The number of rotatable bonds is 5. The molecule has 0 N–H and O–H groups in total. The van der Waals surface area contributed by atoms with Gasteiger partial charge in [-0.1, -0.05) is 41.9 Å². The molecule has 0 aliphatic heterocycles. The van der Waals surface area contributed by atoms with Gasteiger partial charge in [-0.15, -0.1) is 0 Å². The van der Waals surface area contributed by atoms with Crippen LogP contribution in [-0.2, 0) is 16.1 Å². The van der Waals surface area contributed by atoms with Crippen LogP contribution in [0, 0.1) is 0 Å². The van der Waals surface area contributed by atoms with Gasteiger partial charge in [0.25, 0.3) is 5.78 Å². The zero-order valence-electron chi connectivity index (χ0n) is 13.2. The molecule has 0 amide bonds. The number of para-hydroxylation sites is 1. The quantitative estimate of drug-likeness (QED) is 0.399. The Balaban J connectivity index is 2.01. The minimum atomic E-state index is -0.827. The molecule has 0 bridgehead atoms. The topological polar surface area (TPSA) is 48.3 Å². The summed E-state index contributed by atoms with van der Waals surface area (Å²) in [5, 5.41) is 1.42. The highest BCUT2D eigenvalue weighted by atomic mass is 35.5. The number of ether oxygens (including phenoxy) is 1. The molecule has 0 spiro atoms. The van der Waals surface area contributed by atoms with E-state index in [1.165, 1.54) is 0 Å². The molecule has 122 valence electrons. The predicted molar refractivity (Wildman–Crippen MR) is 93.5 cm³/mol. The lowest BCUT2D eigenvalue weighted by atomic mass is 10.1. The molecule has 0 radical (unpaired) electrons. The van der Waals surface area contributed by atoms with E-state index < -0.39 is 11.8 Å². The van der Waals surface area contributed by atoms with Crippen molar-refractivity contribution in [1.29, 1.82) is 0 Å². The van der Waals surface area contributed by atoms with Crippen LogP contribution in [0.15, 0.2) is 54.7 Å². The van der Waals surface area contributed by atoms with E-state index >= 15 is 0 Å². The van der Waals surface area contributed by atoms with Crippen LogP contribution in [0.5, 0.6) is 0 Å². The van der Waals surface area contributed by atoms with Crippen molar-refractivity contribution in [3.8, 4) is 0 Å². The standard InChI is InChI=1S/C19H16ClNO3/c1-2-24-19(23)18(22)16-12-21(17-6-4-3-5-15(16)17)11-13-7-9-14(20)10-8-13/h3-10,12H,2,11H2,1H3. The van der Waals surface area contributed by atoms with E-state index in [4.69, 9.17) is 16.3 Å². The monoisotopic (exact) mass is 341 g/mol. The molecule has 0 aliphatic rings. The molecule has 0 atom stereocenters. The smallest absolute Gasteiger partial charge is 0.379 e. The van der Waals surface area contributed by atoms with Crippen LogP contribution >= 0.6 is 11.6 Å². The Hall–Kier alpha value is -2.59. The number of fused-ring (bicyclic) bond motifs is 1. The second kappa shape index (κ2) is 6.89. The second-order valence-corrected chi connectivity index (χ2v) is 5.80. The fourth-order valence-corrected chi connectivity index (χ4v) is 2.78. The molecule has 1 aromatic heterocycles. The summed E-state index contributed by atoms with van der Waals surface area (Å²) in [6, 6.07) is 15.0. The lowest BCUT2D eigenvalue weighted by molar-refractivity contribution is -0.137. The van der Waals surface area contributed by atoms with E-state index in [0.29, 0.717) is 17.1 Å². The lowest BCUT2D eigenvalue weighted by Gasteiger charge is -2.05. The molecule has 0 saturated carbocycles. The molecule has 4 nitrogen and oxygen atoms in total. The molecule has 3 aromatic rings. The van der Waals surface area contributed by atoms with Crippen LogP contribution in [0.25, 0.3) is 10.9 Å². The summed E-state index contributed by atoms with van der Waals surface area (Å²) >= 11 is 5.92. The number of hydrogen-bond acceptors (Lipinski definition) is 3. The number of carbonyl (C=O) groups is 2. The first kappa shape index (κ1) is 16.3. The normalized spacial score (nSPS) is 10.8. The van der Waals surface area contributed by atoms with Crippen LogP contribution < -0.4 is 0 Å². The Morgan fingerprint density at radius 3 is 2.50 bits per heavy atom. The highest BCUT2D eigenvalue weighted by Crippen LogP contribution is 2.23. The molecule has 2 aromatic carbocycles. The van der Waals surface area contributed by atoms with Gasteiger partial charge >= 0.3 is 5.97 Å². The number of ketones is 1. The van der Waals surface area contributed by atoms with Gasteiger partial charge in [-0.2, -0.15) is 0 Å². The Bertz CT molecular complexity index is 897. The third-order valence-electron chi connectivity index (χ3n) is 3.76. The van der Waals surface area contributed by atoms with Gasteiger partial charge in [-0.05, 0) is 30.7 Å². The largest absolute Gasteiger partial charge is 0.460 e. The maximum absolute atomic E-state index is 12.4. The first-order valence-electron chi connectivity index (χ1n) is 7.64. The molecular weight excluding hydrogens is 326 g/mol. The van der Waals surface area contributed by atoms with Crippen LogP contribution in [0.2, 0.25) is 5.02 Å². The molecule has 0 saturated heterocycles. The van der Waals surface area contributed by atoms with Crippen molar-refractivity contribution < 1.29 is 14.3 Å². The Morgan fingerprint density at radius 2 is 1.79 bits per heavy atom. The molecule has 0 fully saturated rings. The number of carbonyl (C=O) groups excluding carboxylic acids is 2. The maximum Gasteiger partial charge on any atom is 0.379 e. The van der Waals surface area contributed by atoms with E-state index in [1.807, 2.05) is 53.1 Å².